The lowest BCUT2D eigenvalue weighted by Gasteiger charge is -2.31. The van der Waals surface area contributed by atoms with Crippen molar-refractivity contribution < 1.29 is 14.1 Å². The number of ether oxygens (including phenoxy) is 1. The molecule has 1 aromatic heterocycles. The van der Waals surface area contributed by atoms with E-state index in [-0.39, 0.29) is 11.7 Å². The van der Waals surface area contributed by atoms with Crippen LogP contribution in [-0.2, 0) is 6.54 Å². The second-order valence-electron chi connectivity index (χ2n) is 7.02. The van der Waals surface area contributed by atoms with Crippen molar-refractivity contribution in [3.8, 4) is 17.1 Å². The zero-order valence-corrected chi connectivity index (χ0v) is 15.9. The standard InChI is InChI=1S/C22H23N3O3/c1-27-19-12-6-5-11-18(19)21(26)17-10-7-13-25(14-17)15-20-23-22(24-28-20)16-8-3-2-4-9-16/h2-6,8-9,11-12,17H,7,10,13-15H2,1H3. The van der Waals surface area contributed by atoms with Gasteiger partial charge in [-0.25, -0.2) is 0 Å². The predicted molar refractivity (Wildman–Crippen MR) is 105 cm³/mol. The molecule has 1 aliphatic heterocycles. The maximum Gasteiger partial charge on any atom is 0.241 e. The first-order chi connectivity index (χ1) is 13.7. The van der Waals surface area contributed by atoms with E-state index in [9.17, 15) is 4.79 Å². The zero-order chi connectivity index (χ0) is 19.3. The molecule has 0 amide bonds. The number of nitrogens with zero attached hydrogens (tertiary/aromatic N) is 3. The van der Waals surface area contributed by atoms with E-state index in [1.54, 1.807) is 7.11 Å². The summed E-state index contributed by atoms with van der Waals surface area (Å²) >= 11 is 0. The summed E-state index contributed by atoms with van der Waals surface area (Å²) in [6.45, 7) is 2.15. The Kier molecular flexibility index (Phi) is 5.48. The Morgan fingerprint density at radius 2 is 1.96 bits per heavy atom. The van der Waals surface area contributed by atoms with Crippen LogP contribution in [0.15, 0.2) is 59.1 Å². The van der Waals surface area contributed by atoms with E-state index in [0.29, 0.717) is 36.1 Å². The molecular weight excluding hydrogens is 354 g/mol. The molecule has 6 heteroatoms. The van der Waals surface area contributed by atoms with Gasteiger partial charge in [0.1, 0.15) is 5.75 Å². The molecule has 6 nitrogen and oxygen atoms in total. The summed E-state index contributed by atoms with van der Waals surface area (Å²) in [5, 5.41) is 4.08. The molecule has 28 heavy (non-hydrogen) atoms. The van der Waals surface area contributed by atoms with Crippen LogP contribution < -0.4 is 4.74 Å². The molecular formula is C22H23N3O3. The van der Waals surface area contributed by atoms with Gasteiger partial charge in [-0.3, -0.25) is 9.69 Å². The summed E-state index contributed by atoms with van der Waals surface area (Å²) in [5.41, 5.74) is 1.58. The molecule has 0 saturated carbocycles. The fourth-order valence-electron chi connectivity index (χ4n) is 3.70. The Morgan fingerprint density at radius 1 is 1.18 bits per heavy atom. The normalized spacial score (nSPS) is 17.4. The molecule has 0 bridgehead atoms. The molecule has 0 aliphatic carbocycles. The highest BCUT2D eigenvalue weighted by Gasteiger charge is 2.29. The summed E-state index contributed by atoms with van der Waals surface area (Å²) in [6, 6.07) is 17.2. The number of Topliss-reactive ketones (excluding diaryl/α,β-unsaturated/α-hetero) is 1. The van der Waals surface area contributed by atoms with Gasteiger partial charge in [0.15, 0.2) is 5.78 Å². The minimum atomic E-state index is -0.0541. The fourth-order valence-corrected chi connectivity index (χ4v) is 3.70. The molecule has 1 unspecified atom stereocenters. The van der Waals surface area contributed by atoms with Gasteiger partial charge in [0.05, 0.1) is 19.2 Å². The molecule has 1 aliphatic rings. The fraction of sp³-hybridized carbons (Fsp3) is 0.318. The topological polar surface area (TPSA) is 68.5 Å². The number of carbonyl (C=O) groups excluding carboxylic acids is 1. The maximum atomic E-state index is 13.0. The van der Waals surface area contributed by atoms with Gasteiger partial charge in [-0.1, -0.05) is 47.6 Å². The number of hydrogen-bond acceptors (Lipinski definition) is 6. The van der Waals surface area contributed by atoms with Crippen LogP contribution in [0.5, 0.6) is 5.75 Å². The summed E-state index contributed by atoms with van der Waals surface area (Å²) in [5.74, 6) is 1.88. The number of para-hydroxylation sites is 1. The van der Waals surface area contributed by atoms with Crippen LogP contribution in [0.3, 0.4) is 0 Å². The maximum absolute atomic E-state index is 13.0. The Labute approximate surface area is 164 Å². The van der Waals surface area contributed by atoms with Crippen molar-refractivity contribution in [2.24, 2.45) is 5.92 Å². The van der Waals surface area contributed by atoms with Gasteiger partial charge in [-0.2, -0.15) is 4.98 Å². The van der Waals surface area contributed by atoms with Crippen molar-refractivity contribution in [1.29, 1.82) is 0 Å². The Morgan fingerprint density at radius 3 is 2.79 bits per heavy atom. The Balaban J connectivity index is 1.43. The summed E-state index contributed by atoms with van der Waals surface area (Å²) in [4.78, 5) is 19.7. The molecule has 2 heterocycles. The zero-order valence-electron chi connectivity index (χ0n) is 15.9. The second-order valence-corrected chi connectivity index (χ2v) is 7.02. The minimum Gasteiger partial charge on any atom is -0.496 e. The van der Waals surface area contributed by atoms with Crippen molar-refractivity contribution in [3.05, 3.63) is 66.1 Å². The number of methoxy groups -OCH3 is 1. The smallest absolute Gasteiger partial charge is 0.241 e. The lowest BCUT2D eigenvalue weighted by Crippen LogP contribution is -2.38. The largest absolute Gasteiger partial charge is 0.496 e. The molecule has 0 spiro atoms. The first-order valence-electron chi connectivity index (χ1n) is 9.52. The van der Waals surface area contributed by atoms with Crippen LogP contribution in [0.25, 0.3) is 11.4 Å². The van der Waals surface area contributed by atoms with Gasteiger partial charge in [0.2, 0.25) is 11.7 Å². The molecule has 1 atom stereocenters. The SMILES string of the molecule is COc1ccccc1C(=O)C1CCCN(Cc2nc(-c3ccccc3)no2)C1. The van der Waals surface area contributed by atoms with Crippen LogP contribution in [0.1, 0.15) is 29.1 Å². The number of hydrogen-bond donors (Lipinski definition) is 0. The highest BCUT2D eigenvalue weighted by Crippen LogP contribution is 2.27. The van der Waals surface area contributed by atoms with Crippen molar-refractivity contribution >= 4 is 5.78 Å². The average molecular weight is 377 g/mol. The lowest BCUT2D eigenvalue weighted by molar-refractivity contribution is 0.0794. The van der Waals surface area contributed by atoms with Crippen molar-refractivity contribution in [3.63, 3.8) is 0 Å². The number of carbonyl (C=O) groups is 1. The van der Waals surface area contributed by atoms with E-state index in [4.69, 9.17) is 9.26 Å². The third-order valence-electron chi connectivity index (χ3n) is 5.11. The van der Waals surface area contributed by atoms with E-state index in [2.05, 4.69) is 15.0 Å². The molecule has 1 saturated heterocycles. The predicted octanol–water partition coefficient (Wildman–Crippen LogP) is 3.84. The van der Waals surface area contributed by atoms with Gasteiger partial charge in [0.25, 0.3) is 0 Å². The average Bonchev–Trinajstić information content (AvgIpc) is 3.22. The van der Waals surface area contributed by atoms with Gasteiger partial charge in [0, 0.05) is 18.0 Å². The van der Waals surface area contributed by atoms with Crippen LogP contribution >= 0.6 is 0 Å². The van der Waals surface area contributed by atoms with Gasteiger partial charge in [-0.15, -0.1) is 0 Å². The number of likely N-dealkylation sites (tertiary alicyclic amines) is 1. The number of rotatable bonds is 6. The van der Waals surface area contributed by atoms with Crippen LogP contribution in [0, 0.1) is 5.92 Å². The second kappa shape index (κ2) is 8.35. The van der Waals surface area contributed by atoms with E-state index < -0.39 is 0 Å². The number of benzene rings is 2. The Bertz CT molecular complexity index is 939. The number of piperidine rings is 1. The van der Waals surface area contributed by atoms with E-state index in [1.165, 1.54) is 0 Å². The number of aromatic nitrogens is 2. The molecule has 2 aromatic carbocycles. The third-order valence-corrected chi connectivity index (χ3v) is 5.11. The molecule has 1 fully saturated rings. The molecule has 0 N–H and O–H groups in total. The lowest BCUT2D eigenvalue weighted by atomic mass is 9.89. The summed E-state index contributed by atoms with van der Waals surface area (Å²) in [7, 11) is 1.60. The quantitative estimate of drug-likeness (QED) is 0.608. The van der Waals surface area contributed by atoms with E-state index in [0.717, 1.165) is 24.9 Å². The van der Waals surface area contributed by atoms with E-state index >= 15 is 0 Å². The van der Waals surface area contributed by atoms with E-state index in [1.807, 2.05) is 54.6 Å². The first kappa shape index (κ1) is 18.4. The third kappa shape index (κ3) is 3.97. The number of ketones is 1. The molecule has 0 radical (unpaired) electrons. The summed E-state index contributed by atoms with van der Waals surface area (Å²) in [6.07, 6.45) is 1.84. The van der Waals surface area contributed by atoms with Crippen molar-refractivity contribution in [2.75, 3.05) is 20.2 Å². The van der Waals surface area contributed by atoms with Crippen molar-refractivity contribution in [2.45, 2.75) is 19.4 Å². The van der Waals surface area contributed by atoms with Crippen molar-refractivity contribution in [1.82, 2.24) is 15.0 Å². The van der Waals surface area contributed by atoms with Gasteiger partial charge in [-0.05, 0) is 31.5 Å². The van der Waals surface area contributed by atoms with Gasteiger partial charge < -0.3 is 9.26 Å². The first-order valence-corrected chi connectivity index (χ1v) is 9.52. The highest BCUT2D eigenvalue weighted by molar-refractivity contribution is 6.00. The minimum absolute atomic E-state index is 0.0541. The molecule has 4 rings (SSSR count). The van der Waals surface area contributed by atoms with Gasteiger partial charge >= 0.3 is 0 Å². The Hall–Kier alpha value is -2.99. The molecule has 3 aromatic rings. The monoisotopic (exact) mass is 377 g/mol. The van der Waals surface area contributed by atoms with Crippen LogP contribution in [0.4, 0.5) is 0 Å². The summed E-state index contributed by atoms with van der Waals surface area (Å²) < 4.78 is 10.8. The molecule has 144 valence electrons. The van der Waals surface area contributed by atoms with Crippen LogP contribution in [0.2, 0.25) is 0 Å². The van der Waals surface area contributed by atoms with Crippen LogP contribution in [-0.4, -0.2) is 41.0 Å². The highest BCUT2D eigenvalue weighted by atomic mass is 16.5.